The van der Waals surface area contributed by atoms with Crippen molar-refractivity contribution in [2.24, 2.45) is 0 Å². The average Bonchev–Trinajstić information content (AvgIpc) is 3.03. The Morgan fingerprint density at radius 2 is 1.50 bits per heavy atom. The normalized spacial score (nSPS) is 18.9. The first kappa shape index (κ1) is 23.7. The fourth-order valence-electron chi connectivity index (χ4n) is 5.21. The van der Waals surface area contributed by atoms with Gasteiger partial charge in [-0.1, -0.05) is 68.3 Å². The highest BCUT2D eigenvalue weighted by Crippen LogP contribution is 2.38. The second-order valence-electron chi connectivity index (χ2n) is 9.32. The number of hydrogen-bond acceptors (Lipinski definition) is 3. The predicted octanol–water partition coefficient (Wildman–Crippen LogP) is 5.23. The smallest absolute Gasteiger partial charge is 0.319 e. The van der Waals surface area contributed by atoms with E-state index in [1.165, 1.54) is 24.3 Å². The van der Waals surface area contributed by atoms with Gasteiger partial charge in [-0.05, 0) is 60.2 Å². The minimum atomic E-state index is -1.32. The molecular weight excluding hydrogens is 457 g/mol. The summed E-state index contributed by atoms with van der Waals surface area (Å²) in [7, 11) is 0. The van der Waals surface area contributed by atoms with E-state index in [9.17, 15) is 18.8 Å². The van der Waals surface area contributed by atoms with Gasteiger partial charge in [0.15, 0.2) is 0 Å². The van der Waals surface area contributed by atoms with Crippen molar-refractivity contribution < 1.29 is 18.8 Å². The number of para-hydroxylation sites is 2. The lowest BCUT2D eigenvalue weighted by atomic mass is 9.85. The number of amides is 4. The first-order chi connectivity index (χ1) is 17.4. The molecule has 0 radical (unpaired) electrons. The minimum Gasteiger partial charge on any atom is -0.319 e. The largest absolute Gasteiger partial charge is 0.325 e. The molecule has 0 bridgehead atoms. The third kappa shape index (κ3) is 4.04. The second-order valence-corrected chi connectivity index (χ2v) is 9.32. The van der Waals surface area contributed by atoms with Crippen LogP contribution in [0.4, 0.5) is 20.6 Å². The van der Waals surface area contributed by atoms with Crippen LogP contribution in [-0.2, 0) is 28.0 Å². The summed E-state index contributed by atoms with van der Waals surface area (Å²) in [4.78, 5) is 43.4. The molecule has 4 amide bonds. The van der Waals surface area contributed by atoms with Crippen LogP contribution in [0.15, 0.2) is 72.8 Å². The number of carbonyl (C=O) groups is 3. The third-order valence-corrected chi connectivity index (χ3v) is 7.09. The lowest BCUT2D eigenvalue weighted by Gasteiger charge is -2.28. The predicted molar refractivity (Wildman–Crippen MR) is 135 cm³/mol. The Morgan fingerprint density at radius 3 is 2.08 bits per heavy atom. The molecule has 184 valence electrons. The Kier molecular flexibility index (Phi) is 6.31. The summed E-state index contributed by atoms with van der Waals surface area (Å²) in [6.07, 6.45) is 3.42. The molecule has 2 aliphatic heterocycles. The highest BCUT2D eigenvalue weighted by atomic mass is 19.1. The van der Waals surface area contributed by atoms with Crippen molar-refractivity contribution in [3.05, 3.63) is 95.3 Å². The third-order valence-electron chi connectivity index (χ3n) is 7.09. The monoisotopic (exact) mass is 485 g/mol. The first-order valence-electron chi connectivity index (χ1n) is 12.3. The van der Waals surface area contributed by atoms with E-state index in [0.717, 1.165) is 46.7 Å². The van der Waals surface area contributed by atoms with Crippen molar-refractivity contribution in [2.45, 2.75) is 44.6 Å². The summed E-state index contributed by atoms with van der Waals surface area (Å²) >= 11 is 0. The van der Waals surface area contributed by atoms with Gasteiger partial charge in [0.25, 0.3) is 11.8 Å². The highest BCUT2D eigenvalue weighted by Gasteiger charge is 2.52. The molecule has 1 unspecified atom stereocenters. The van der Waals surface area contributed by atoms with Gasteiger partial charge in [0.2, 0.25) is 0 Å². The number of urea groups is 1. The Balaban J connectivity index is 1.50. The van der Waals surface area contributed by atoms with E-state index in [0.29, 0.717) is 18.4 Å². The van der Waals surface area contributed by atoms with Crippen LogP contribution >= 0.6 is 0 Å². The van der Waals surface area contributed by atoms with E-state index in [-0.39, 0.29) is 5.91 Å². The zero-order chi connectivity index (χ0) is 25.3. The van der Waals surface area contributed by atoms with E-state index >= 15 is 0 Å². The van der Waals surface area contributed by atoms with E-state index < -0.39 is 29.8 Å². The molecule has 1 saturated heterocycles. The average molecular weight is 486 g/mol. The lowest BCUT2D eigenvalue weighted by Crippen LogP contribution is -2.45. The fraction of sp³-hybridized carbons (Fsp3) is 0.276. The molecule has 1 N–H and O–H groups in total. The molecule has 0 aliphatic carbocycles. The summed E-state index contributed by atoms with van der Waals surface area (Å²) in [5.41, 5.74) is 2.77. The van der Waals surface area contributed by atoms with E-state index in [4.69, 9.17) is 0 Å². The molecule has 1 fully saturated rings. The number of fused-ring (bicyclic) bond motifs is 2. The molecule has 6 nitrogen and oxygen atoms in total. The molecule has 2 aliphatic rings. The van der Waals surface area contributed by atoms with Gasteiger partial charge < -0.3 is 5.32 Å². The van der Waals surface area contributed by atoms with E-state index in [2.05, 4.69) is 5.32 Å². The van der Waals surface area contributed by atoms with Crippen molar-refractivity contribution in [2.75, 3.05) is 11.4 Å². The van der Waals surface area contributed by atoms with Crippen LogP contribution in [0, 0.1) is 5.82 Å². The zero-order valence-corrected chi connectivity index (χ0v) is 20.2. The number of nitrogens with zero attached hydrogens (tertiary/aromatic N) is 2. The molecule has 3 aromatic rings. The summed E-state index contributed by atoms with van der Waals surface area (Å²) < 4.78 is 13.6. The van der Waals surface area contributed by atoms with Crippen LogP contribution in [0.2, 0.25) is 0 Å². The Labute approximate surface area is 209 Å². The number of imide groups is 1. The number of aryl methyl sites for hydroxylation is 2. The van der Waals surface area contributed by atoms with Gasteiger partial charge in [0, 0.05) is 0 Å². The molecule has 0 aromatic heterocycles. The number of benzene rings is 3. The van der Waals surface area contributed by atoms with Crippen LogP contribution in [0.1, 0.15) is 42.9 Å². The number of nitrogens with one attached hydrogen (secondary N) is 1. The zero-order valence-electron chi connectivity index (χ0n) is 20.2. The van der Waals surface area contributed by atoms with Crippen LogP contribution in [0.25, 0.3) is 0 Å². The molecule has 0 spiro atoms. The van der Waals surface area contributed by atoms with Gasteiger partial charge in [-0.3, -0.25) is 19.4 Å². The quantitative estimate of drug-likeness (QED) is 0.487. The topological polar surface area (TPSA) is 69.7 Å². The van der Waals surface area contributed by atoms with E-state index in [1.807, 2.05) is 55.5 Å². The molecule has 5 rings (SSSR count). The molecule has 2 heterocycles. The first-order valence-corrected chi connectivity index (χ1v) is 12.3. The van der Waals surface area contributed by atoms with Gasteiger partial charge in [-0.2, -0.15) is 0 Å². The summed E-state index contributed by atoms with van der Waals surface area (Å²) in [6.45, 7) is 1.59. The summed E-state index contributed by atoms with van der Waals surface area (Å²) in [5.74, 6) is -1.28. The van der Waals surface area contributed by atoms with Crippen molar-refractivity contribution >= 4 is 29.2 Å². The van der Waals surface area contributed by atoms with Crippen LogP contribution in [0.3, 0.4) is 0 Å². The van der Waals surface area contributed by atoms with Crippen molar-refractivity contribution in [1.82, 2.24) is 10.2 Å². The SMILES string of the molecule is CCCCC1(c2ccc(F)cc2)NC(=O)N(CC(=O)N2c3ccccc3CCc3ccccc32)C1=O. The molecule has 7 heteroatoms. The molecule has 1 atom stereocenters. The number of rotatable bonds is 6. The van der Waals surface area contributed by atoms with Crippen LogP contribution in [0.5, 0.6) is 0 Å². The minimum absolute atomic E-state index is 0.361. The highest BCUT2D eigenvalue weighted by molar-refractivity contribution is 6.12. The summed E-state index contributed by atoms with van der Waals surface area (Å²) in [5, 5.41) is 2.84. The lowest BCUT2D eigenvalue weighted by molar-refractivity contribution is -0.134. The number of hydrogen-bond donors (Lipinski definition) is 1. The maximum Gasteiger partial charge on any atom is 0.325 e. The molecular formula is C29H28FN3O3. The van der Waals surface area contributed by atoms with Crippen molar-refractivity contribution in [1.29, 1.82) is 0 Å². The van der Waals surface area contributed by atoms with Gasteiger partial charge in [-0.25, -0.2) is 9.18 Å². The molecule has 36 heavy (non-hydrogen) atoms. The van der Waals surface area contributed by atoms with Gasteiger partial charge >= 0.3 is 6.03 Å². The standard InChI is InChI=1S/C29H28FN3O3/c1-2-3-18-29(22-14-16-23(30)17-15-22)27(35)32(28(36)31-29)19-26(34)33-24-10-6-4-8-20(24)12-13-21-9-5-7-11-25(21)33/h4-11,14-17H,2-3,12-13,18-19H2,1H3,(H,31,36). The number of unbranched alkanes of at least 4 members (excludes halogenated alkanes) is 1. The van der Waals surface area contributed by atoms with Crippen LogP contribution in [-0.4, -0.2) is 29.3 Å². The fourth-order valence-corrected chi connectivity index (χ4v) is 5.21. The maximum atomic E-state index is 13.8. The Bertz CT molecular complexity index is 1280. The number of carbonyl (C=O) groups excluding carboxylic acids is 3. The molecule has 0 saturated carbocycles. The Morgan fingerprint density at radius 1 is 0.917 bits per heavy atom. The molecule has 3 aromatic carbocycles. The Hall–Kier alpha value is -4.00. The van der Waals surface area contributed by atoms with Gasteiger partial charge in [0.1, 0.15) is 17.9 Å². The number of anilines is 2. The maximum absolute atomic E-state index is 13.8. The number of halogens is 1. The van der Waals surface area contributed by atoms with E-state index in [1.54, 1.807) is 4.90 Å². The van der Waals surface area contributed by atoms with Gasteiger partial charge in [0.05, 0.1) is 11.4 Å². The van der Waals surface area contributed by atoms with Crippen LogP contribution < -0.4 is 10.2 Å². The van der Waals surface area contributed by atoms with Gasteiger partial charge in [-0.15, -0.1) is 0 Å². The second kappa shape index (κ2) is 9.57. The van der Waals surface area contributed by atoms with Crippen molar-refractivity contribution in [3.63, 3.8) is 0 Å². The summed E-state index contributed by atoms with van der Waals surface area (Å²) in [6, 6.07) is 20.4. The van der Waals surface area contributed by atoms with Crippen molar-refractivity contribution in [3.8, 4) is 0 Å².